The Kier molecular flexibility index (Phi) is 4.88. The van der Waals surface area contributed by atoms with Crippen molar-refractivity contribution in [1.29, 1.82) is 0 Å². The van der Waals surface area contributed by atoms with Crippen LogP contribution >= 0.6 is 0 Å². The van der Waals surface area contributed by atoms with Crippen LogP contribution in [-0.4, -0.2) is 50.4 Å². The number of aryl methyl sites for hydroxylation is 1. The van der Waals surface area contributed by atoms with Gasteiger partial charge in [0.2, 0.25) is 12.8 Å². The maximum absolute atomic E-state index is 4.60. The van der Waals surface area contributed by atoms with Gasteiger partial charge in [-0.2, -0.15) is 4.58 Å². The summed E-state index contributed by atoms with van der Waals surface area (Å²) >= 11 is 0. The molecule has 1 aromatic rings. The van der Waals surface area contributed by atoms with Gasteiger partial charge in [0, 0.05) is 31.8 Å². The monoisotopic (exact) mass is 262 g/mol. The Hall–Kier alpha value is -1.45. The van der Waals surface area contributed by atoms with Crippen LogP contribution in [-0.2, 0) is 6.54 Å². The summed E-state index contributed by atoms with van der Waals surface area (Å²) in [5.41, 5.74) is 0. The maximum Gasteiger partial charge on any atom is 0.482 e. The SMILES string of the molecule is CCCn1ccnc1C1=[N+](CCC)CC=[N+]1CCC. The molecule has 0 unspecified atom stereocenters. The highest BCUT2D eigenvalue weighted by Crippen LogP contribution is 2.07. The largest absolute Gasteiger partial charge is 0.482 e. The van der Waals surface area contributed by atoms with E-state index in [0.29, 0.717) is 0 Å². The van der Waals surface area contributed by atoms with Crippen LogP contribution in [0, 0.1) is 0 Å². The predicted molar refractivity (Wildman–Crippen MR) is 78.4 cm³/mol. The molecule has 4 heteroatoms. The quantitative estimate of drug-likeness (QED) is 0.689. The summed E-state index contributed by atoms with van der Waals surface area (Å²) in [5, 5.41) is 0. The van der Waals surface area contributed by atoms with E-state index < -0.39 is 0 Å². The van der Waals surface area contributed by atoms with Gasteiger partial charge in [-0.05, 0) is 6.42 Å². The van der Waals surface area contributed by atoms with E-state index in [-0.39, 0.29) is 0 Å². The smallest absolute Gasteiger partial charge is 0.320 e. The van der Waals surface area contributed by atoms with E-state index in [0.717, 1.165) is 44.8 Å². The fraction of sp³-hybridized carbons (Fsp3) is 0.667. The van der Waals surface area contributed by atoms with E-state index >= 15 is 0 Å². The zero-order chi connectivity index (χ0) is 13.7. The van der Waals surface area contributed by atoms with Crippen LogP contribution in [0.3, 0.4) is 0 Å². The van der Waals surface area contributed by atoms with Crippen molar-refractivity contribution in [3.63, 3.8) is 0 Å². The van der Waals surface area contributed by atoms with Crippen LogP contribution in [0.5, 0.6) is 0 Å². The summed E-state index contributed by atoms with van der Waals surface area (Å²) in [5.74, 6) is 2.42. The van der Waals surface area contributed by atoms with Crippen LogP contribution < -0.4 is 0 Å². The van der Waals surface area contributed by atoms with Gasteiger partial charge in [0.1, 0.15) is 6.54 Å². The highest BCUT2D eigenvalue weighted by Gasteiger charge is 2.37. The van der Waals surface area contributed by atoms with Gasteiger partial charge >= 0.3 is 5.84 Å². The average Bonchev–Trinajstić information content (AvgIpc) is 2.98. The average molecular weight is 262 g/mol. The van der Waals surface area contributed by atoms with Crippen LogP contribution in [0.1, 0.15) is 45.9 Å². The molecule has 0 aromatic carbocycles. The summed E-state index contributed by atoms with van der Waals surface area (Å²) in [6, 6.07) is 0. The molecule has 0 N–H and O–H groups in total. The Labute approximate surface area is 116 Å². The topological polar surface area (TPSA) is 23.8 Å². The Morgan fingerprint density at radius 2 is 1.95 bits per heavy atom. The predicted octanol–water partition coefficient (Wildman–Crippen LogP) is 1.97. The Balaban J connectivity index is 2.37. The second kappa shape index (κ2) is 6.64. The molecule has 0 saturated heterocycles. The molecule has 2 rings (SSSR count). The number of aromatic nitrogens is 2. The van der Waals surface area contributed by atoms with Crippen molar-refractivity contribution in [3.8, 4) is 0 Å². The Bertz CT molecular complexity index is 482. The second-order valence-electron chi connectivity index (χ2n) is 5.09. The highest BCUT2D eigenvalue weighted by molar-refractivity contribution is 5.89. The third-order valence-electron chi connectivity index (χ3n) is 3.43. The van der Waals surface area contributed by atoms with Gasteiger partial charge in [-0.25, -0.2) is 4.98 Å². The van der Waals surface area contributed by atoms with Gasteiger partial charge < -0.3 is 4.57 Å². The molecule has 0 bridgehead atoms. The molecule has 1 aliphatic rings. The number of rotatable bonds is 7. The van der Waals surface area contributed by atoms with Crippen molar-refractivity contribution in [1.82, 2.24) is 9.55 Å². The van der Waals surface area contributed by atoms with Gasteiger partial charge in [-0.1, -0.05) is 20.8 Å². The van der Waals surface area contributed by atoms with Crippen molar-refractivity contribution < 1.29 is 9.15 Å². The zero-order valence-corrected chi connectivity index (χ0v) is 12.5. The molecule has 1 aliphatic heterocycles. The first-order chi connectivity index (χ1) is 9.31. The van der Waals surface area contributed by atoms with E-state index in [1.54, 1.807) is 0 Å². The molecular formula is C15H26N4+2. The lowest BCUT2D eigenvalue weighted by Crippen LogP contribution is -2.30. The lowest BCUT2D eigenvalue weighted by atomic mass is 10.4. The molecule has 104 valence electrons. The van der Waals surface area contributed by atoms with Crippen LogP contribution in [0.2, 0.25) is 0 Å². The standard InChI is InChI=1S/C15H26N4/c1-4-8-17-11-7-16-14(17)15-18(9-5-2)12-13-19(15)10-6-3/h7,11-12H,4-6,8-10,13H2,1-3H3/q+2. The fourth-order valence-corrected chi connectivity index (χ4v) is 2.66. The number of hydrogen-bond acceptors (Lipinski definition) is 1. The second-order valence-corrected chi connectivity index (χ2v) is 5.09. The molecule has 0 atom stereocenters. The first-order valence-electron chi connectivity index (χ1n) is 7.55. The maximum atomic E-state index is 4.60. The van der Waals surface area contributed by atoms with Gasteiger partial charge in [-0.3, -0.25) is 0 Å². The van der Waals surface area contributed by atoms with Crippen LogP contribution in [0.25, 0.3) is 0 Å². The molecule has 1 aromatic heterocycles. The minimum atomic E-state index is 1.02. The van der Waals surface area contributed by atoms with Crippen molar-refractivity contribution in [2.45, 2.75) is 46.6 Å². The third-order valence-corrected chi connectivity index (χ3v) is 3.43. The van der Waals surface area contributed by atoms with Crippen LogP contribution in [0.4, 0.5) is 0 Å². The summed E-state index contributed by atoms with van der Waals surface area (Å²) < 4.78 is 7.11. The molecule has 0 amide bonds. The van der Waals surface area contributed by atoms with Gasteiger partial charge in [-0.15, -0.1) is 4.58 Å². The van der Waals surface area contributed by atoms with E-state index in [1.807, 2.05) is 6.20 Å². The number of imidazole rings is 1. The number of amidine groups is 1. The summed E-state index contributed by atoms with van der Waals surface area (Å²) in [7, 11) is 0. The lowest BCUT2D eigenvalue weighted by molar-refractivity contribution is -0.544. The molecule has 4 nitrogen and oxygen atoms in total. The van der Waals surface area contributed by atoms with Gasteiger partial charge in [0.15, 0.2) is 6.54 Å². The molecule has 0 radical (unpaired) electrons. The van der Waals surface area contributed by atoms with Gasteiger partial charge in [0.25, 0.3) is 5.82 Å². The van der Waals surface area contributed by atoms with E-state index in [2.05, 4.69) is 51.9 Å². The van der Waals surface area contributed by atoms with Crippen molar-refractivity contribution >= 4 is 12.1 Å². The van der Waals surface area contributed by atoms with Crippen molar-refractivity contribution in [2.75, 3.05) is 19.6 Å². The lowest BCUT2D eigenvalue weighted by Gasteiger charge is -2.03. The zero-order valence-electron chi connectivity index (χ0n) is 12.5. The third kappa shape index (κ3) is 2.94. The van der Waals surface area contributed by atoms with Gasteiger partial charge in [0.05, 0.1) is 0 Å². The molecule has 0 spiro atoms. The molecule has 0 saturated carbocycles. The van der Waals surface area contributed by atoms with E-state index in [9.17, 15) is 0 Å². The Morgan fingerprint density at radius 1 is 1.16 bits per heavy atom. The summed E-state index contributed by atoms with van der Waals surface area (Å²) in [6.07, 6.45) is 9.80. The van der Waals surface area contributed by atoms with Crippen molar-refractivity contribution in [2.24, 2.45) is 0 Å². The summed E-state index contributed by atoms with van der Waals surface area (Å²) in [4.78, 5) is 4.60. The molecule has 19 heavy (non-hydrogen) atoms. The van der Waals surface area contributed by atoms with E-state index in [1.165, 1.54) is 12.3 Å². The Morgan fingerprint density at radius 3 is 2.63 bits per heavy atom. The molecular weight excluding hydrogens is 236 g/mol. The number of nitrogens with zero attached hydrogens (tertiary/aromatic N) is 4. The summed E-state index contributed by atoms with van der Waals surface area (Å²) in [6.45, 7) is 10.9. The first kappa shape index (κ1) is 14.0. The minimum absolute atomic E-state index is 1.02. The normalized spacial score (nSPS) is 15.2. The molecule has 2 heterocycles. The first-order valence-corrected chi connectivity index (χ1v) is 7.55. The minimum Gasteiger partial charge on any atom is -0.320 e. The molecule has 0 fully saturated rings. The number of hydrogen-bond donors (Lipinski definition) is 0. The van der Waals surface area contributed by atoms with E-state index in [4.69, 9.17) is 0 Å². The van der Waals surface area contributed by atoms with Crippen LogP contribution in [0.15, 0.2) is 12.4 Å². The fourth-order valence-electron chi connectivity index (χ4n) is 2.66. The molecule has 0 aliphatic carbocycles. The highest BCUT2D eigenvalue weighted by atomic mass is 15.3. The van der Waals surface area contributed by atoms with Crippen molar-refractivity contribution in [3.05, 3.63) is 18.2 Å².